The lowest BCUT2D eigenvalue weighted by Gasteiger charge is -2.25. The van der Waals surface area contributed by atoms with Crippen LogP contribution in [0.3, 0.4) is 0 Å². The van der Waals surface area contributed by atoms with Crippen LogP contribution in [0.25, 0.3) is 0 Å². The molecule has 0 saturated heterocycles. The fraction of sp³-hybridized carbons (Fsp3) is 0.316. The Kier molecular flexibility index (Phi) is 6.93. The molecule has 1 N–H and O–H groups in total. The Morgan fingerprint density at radius 3 is 2.84 bits per heavy atom. The third-order valence-electron chi connectivity index (χ3n) is 3.82. The topological polar surface area (TPSA) is 77.2 Å². The summed E-state index contributed by atoms with van der Waals surface area (Å²) >= 11 is 6.02. The van der Waals surface area contributed by atoms with Gasteiger partial charge in [0.2, 0.25) is 5.91 Å². The van der Waals surface area contributed by atoms with E-state index in [-0.39, 0.29) is 18.9 Å². The monoisotopic (exact) mass is 357 g/mol. The van der Waals surface area contributed by atoms with Gasteiger partial charge in [-0.15, -0.1) is 0 Å². The molecule has 0 aliphatic heterocycles. The molecular weight excluding hydrogens is 338 g/mol. The number of amides is 1. The minimum atomic E-state index is -0.784. The highest BCUT2D eigenvalue weighted by atomic mass is 35.5. The van der Waals surface area contributed by atoms with E-state index in [2.05, 4.69) is 4.98 Å². The number of nitrogens with zero attached hydrogens (tertiary/aromatic N) is 3. The lowest BCUT2D eigenvalue weighted by molar-refractivity contribution is -0.132. The fourth-order valence-corrected chi connectivity index (χ4v) is 2.77. The Hall–Kier alpha value is -2.42. The highest BCUT2D eigenvalue weighted by Crippen LogP contribution is 2.19. The van der Waals surface area contributed by atoms with E-state index in [0.29, 0.717) is 22.7 Å². The van der Waals surface area contributed by atoms with E-state index >= 15 is 0 Å². The van der Waals surface area contributed by atoms with Crippen molar-refractivity contribution in [1.29, 1.82) is 5.26 Å². The van der Waals surface area contributed by atoms with Gasteiger partial charge in [0, 0.05) is 24.5 Å². The number of carbonyl (C=O) groups excluding carboxylic acids is 1. The summed E-state index contributed by atoms with van der Waals surface area (Å²) in [7, 11) is 0. The molecule has 0 bridgehead atoms. The standard InChI is InChI=1S/C19H20ClN3O2/c1-2-8-23(13-18(24)16-4-3-7-22-12-16)19(25)10-14-5-6-15(11-21)17(20)9-14/h3-7,9,12,18,24H,2,8,10,13H2,1H3/t18-/m1/s1. The van der Waals surface area contributed by atoms with Crippen molar-refractivity contribution in [2.45, 2.75) is 25.9 Å². The highest BCUT2D eigenvalue weighted by Gasteiger charge is 2.19. The zero-order chi connectivity index (χ0) is 18.2. The molecular formula is C19H20ClN3O2. The molecule has 130 valence electrons. The van der Waals surface area contributed by atoms with Crippen molar-refractivity contribution in [3.05, 3.63) is 64.4 Å². The van der Waals surface area contributed by atoms with Gasteiger partial charge in [-0.1, -0.05) is 30.7 Å². The predicted molar refractivity (Wildman–Crippen MR) is 95.9 cm³/mol. The molecule has 1 aromatic heterocycles. The molecule has 0 saturated carbocycles. The maximum Gasteiger partial charge on any atom is 0.227 e. The molecule has 0 radical (unpaired) electrons. The van der Waals surface area contributed by atoms with Crippen molar-refractivity contribution in [2.24, 2.45) is 0 Å². The Balaban J connectivity index is 2.07. The van der Waals surface area contributed by atoms with E-state index in [4.69, 9.17) is 16.9 Å². The molecule has 5 nitrogen and oxygen atoms in total. The third-order valence-corrected chi connectivity index (χ3v) is 4.13. The molecule has 6 heteroatoms. The minimum Gasteiger partial charge on any atom is -0.386 e. The van der Waals surface area contributed by atoms with Crippen molar-refractivity contribution >= 4 is 17.5 Å². The van der Waals surface area contributed by atoms with Crippen LogP contribution in [0.1, 0.15) is 36.1 Å². The Labute approximate surface area is 152 Å². The summed E-state index contributed by atoms with van der Waals surface area (Å²) in [6.07, 6.45) is 3.42. The van der Waals surface area contributed by atoms with Gasteiger partial charge in [0.25, 0.3) is 0 Å². The van der Waals surface area contributed by atoms with Gasteiger partial charge >= 0.3 is 0 Å². The number of hydrogen-bond donors (Lipinski definition) is 1. The van der Waals surface area contributed by atoms with E-state index in [1.54, 1.807) is 47.6 Å². The van der Waals surface area contributed by atoms with E-state index in [0.717, 1.165) is 12.0 Å². The van der Waals surface area contributed by atoms with Crippen LogP contribution in [0, 0.1) is 11.3 Å². The van der Waals surface area contributed by atoms with Crippen LogP contribution in [-0.2, 0) is 11.2 Å². The van der Waals surface area contributed by atoms with E-state index in [1.165, 1.54) is 0 Å². The van der Waals surface area contributed by atoms with Gasteiger partial charge in [0.15, 0.2) is 0 Å². The maximum absolute atomic E-state index is 12.6. The summed E-state index contributed by atoms with van der Waals surface area (Å²) in [5, 5.41) is 19.6. The molecule has 1 amide bonds. The van der Waals surface area contributed by atoms with Crippen molar-refractivity contribution in [1.82, 2.24) is 9.88 Å². The first kappa shape index (κ1) is 18.9. The van der Waals surface area contributed by atoms with Gasteiger partial charge in [-0.25, -0.2) is 0 Å². The summed E-state index contributed by atoms with van der Waals surface area (Å²) in [5.74, 6) is -0.0921. The molecule has 1 aromatic carbocycles. The fourth-order valence-electron chi connectivity index (χ4n) is 2.52. The molecule has 1 atom stereocenters. The number of aliphatic hydroxyl groups excluding tert-OH is 1. The second kappa shape index (κ2) is 9.16. The lowest BCUT2D eigenvalue weighted by Crippen LogP contribution is -2.36. The predicted octanol–water partition coefficient (Wildman–Crippen LogP) is 3.12. The van der Waals surface area contributed by atoms with E-state index in [1.807, 2.05) is 13.0 Å². The number of nitriles is 1. The second-order valence-electron chi connectivity index (χ2n) is 5.74. The van der Waals surface area contributed by atoms with Crippen LogP contribution in [-0.4, -0.2) is 34.0 Å². The van der Waals surface area contributed by atoms with Gasteiger partial charge in [-0.05, 0) is 30.2 Å². The van der Waals surface area contributed by atoms with Crippen LogP contribution in [0.4, 0.5) is 0 Å². The summed E-state index contributed by atoms with van der Waals surface area (Å²) in [4.78, 5) is 18.3. The zero-order valence-corrected chi connectivity index (χ0v) is 14.8. The zero-order valence-electron chi connectivity index (χ0n) is 14.0. The molecule has 0 spiro atoms. The van der Waals surface area contributed by atoms with E-state index < -0.39 is 6.10 Å². The molecule has 25 heavy (non-hydrogen) atoms. The first-order chi connectivity index (χ1) is 12.0. The molecule has 0 fully saturated rings. The number of aromatic nitrogens is 1. The number of aliphatic hydroxyl groups is 1. The minimum absolute atomic E-state index is 0.0921. The van der Waals surface area contributed by atoms with Gasteiger partial charge in [0.05, 0.1) is 29.7 Å². The van der Waals surface area contributed by atoms with Crippen LogP contribution in [0.2, 0.25) is 5.02 Å². The number of hydrogen-bond acceptors (Lipinski definition) is 4. The largest absolute Gasteiger partial charge is 0.386 e. The van der Waals surface area contributed by atoms with Crippen molar-refractivity contribution < 1.29 is 9.90 Å². The van der Waals surface area contributed by atoms with Crippen molar-refractivity contribution in [3.63, 3.8) is 0 Å². The van der Waals surface area contributed by atoms with Gasteiger partial charge in [-0.2, -0.15) is 5.26 Å². The summed E-state index contributed by atoms with van der Waals surface area (Å²) < 4.78 is 0. The molecule has 0 unspecified atom stereocenters. The molecule has 2 aromatic rings. The van der Waals surface area contributed by atoms with E-state index in [9.17, 15) is 9.90 Å². The summed E-state index contributed by atoms with van der Waals surface area (Å²) in [5.41, 5.74) is 1.80. The normalized spacial score (nSPS) is 11.6. The second-order valence-corrected chi connectivity index (χ2v) is 6.15. The lowest BCUT2D eigenvalue weighted by atomic mass is 10.1. The summed E-state index contributed by atoms with van der Waals surface area (Å²) in [6.45, 7) is 2.75. The number of carbonyl (C=O) groups is 1. The quantitative estimate of drug-likeness (QED) is 0.825. The average Bonchev–Trinajstić information content (AvgIpc) is 2.62. The number of benzene rings is 1. The number of rotatable bonds is 7. The molecule has 0 aliphatic carbocycles. The van der Waals surface area contributed by atoms with Gasteiger partial charge in [-0.3, -0.25) is 9.78 Å². The first-order valence-electron chi connectivity index (χ1n) is 8.09. The van der Waals surface area contributed by atoms with Crippen LogP contribution < -0.4 is 0 Å². The molecule has 2 rings (SSSR count). The third kappa shape index (κ3) is 5.28. The molecule has 0 aliphatic rings. The SMILES string of the molecule is CCCN(C[C@@H](O)c1cccnc1)C(=O)Cc1ccc(C#N)c(Cl)c1. The van der Waals surface area contributed by atoms with Gasteiger partial charge < -0.3 is 10.0 Å². The Bertz CT molecular complexity index is 759. The highest BCUT2D eigenvalue weighted by molar-refractivity contribution is 6.31. The maximum atomic E-state index is 12.6. The molecule has 1 heterocycles. The Morgan fingerprint density at radius 1 is 1.44 bits per heavy atom. The number of pyridine rings is 1. The Morgan fingerprint density at radius 2 is 2.24 bits per heavy atom. The average molecular weight is 358 g/mol. The van der Waals surface area contributed by atoms with Crippen LogP contribution >= 0.6 is 11.6 Å². The first-order valence-corrected chi connectivity index (χ1v) is 8.47. The van der Waals surface area contributed by atoms with Gasteiger partial charge in [0.1, 0.15) is 6.07 Å². The number of halogens is 1. The van der Waals surface area contributed by atoms with Crippen molar-refractivity contribution in [3.8, 4) is 6.07 Å². The van der Waals surface area contributed by atoms with Crippen molar-refractivity contribution in [2.75, 3.05) is 13.1 Å². The smallest absolute Gasteiger partial charge is 0.227 e. The van der Waals surface area contributed by atoms with Crippen LogP contribution in [0.5, 0.6) is 0 Å². The van der Waals surface area contributed by atoms with Crippen LogP contribution in [0.15, 0.2) is 42.7 Å². The summed E-state index contributed by atoms with van der Waals surface area (Å²) in [6, 6.07) is 10.5.